The van der Waals surface area contributed by atoms with Gasteiger partial charge in [-0.2, -0.15) is 5.10 Å². The third-order valence-electron chi connectivity index (χ3n) is 5.01. The van der Waals surface area contributed by atoms with E-state index >= 15 is 0 Å². The van der Waals surface area contributed by atoms with E-state index < -0.39 is 0 Å². The van der Waals surface area contributed by atoms with Crippen molar-refractivity contribution in [3.8, 4) is 0 Å². The van der Waals surface area contributed by atoms with Crippen LogP contribution < -0.4 is 10.5 Å². The van der Waals surface area contributed by atoms with E-state index in [-0.39, 0.29) is 5.56 Å². The van der Waals surface area contributed by atoms with Crippen LogP contribution in [0.1, 0.15) is 18.5 Å². The molecule has 0 atom stereocenters. The van der Waals surface area contributed by atoms with Crippen LogP contribution in [-0.4, -0.2) is 32.8 Å². The first kappa shape index (κ1) is 15.7. The number of nitrogens with zero attached hydrogens (tertiary/aromatic N) is 5. The molecule has 3 heterocycles. The van der Waals surface area contributed by atoms with Gasteiger partial charge in [-0.3, -0.25) is 9.36 Å². The second-order valence-electron chi connectivity index (χ2n) is 6.66. The van der Waals surface area contributed by atoms with E-state index in [0.29, 0.717) is 5.92 Å². The molecule has 0 saturated carbocycles. The molecule has 1 aromatic carbocycles. The van der Waals surface area contributed by atoms with Crippen molar-refractivity contribution in [2.75, 3.05) is 18.0 Å². The van der Waals surface area contributed by atoms with E-state index in [1.165, 1.54) is 6.07 Å². The maximum Gasteiger partial charge on any atom is 0.253 e. The summed E-state index contributed by atoms with van der Waals surface area (Å²) in [6.07, 6.45) is 5.24. The summed E-state index contributed by atoms with van der Waals surface area (Å²) < 4.78 is 1.71. The molecule has 128 valence electrons. The molecule has 0 spiro atoms. The molecular weight excluding hydrogens is 314 g/mol. The molecule has 25 heavy (non-hydrogen) atoms. The highest BCUT2D eigenvalue weighted by Crippen LogP contribution is 2.29. The van der Waals surface area contributed by atoms with E-state index in [0.717, 1.165) is 54.8 Å². The zero-order valence-electron chi connectivity index (χ0n) is 14.3. The fourth-order valence-electron chi connectivity index (χ4n) is 3.58. The molecule has 0 radical (unpaired) electrons. The smallest absolute Gasteiger partial charge is 0.253 e. The van der Waals surface area contributed by atoms with Gasteiger partial charge >= 0.3 is 0 Å². The molecule has 6 nitrogen and oxygen atoms in total. The molecule has 1 aliphatic rings. The Morgan fingerprint density at radius 1 is 1.08 bits per heavy atom. The van der Waals surface area contributed by atoms with Gasteiger partial charge < -0.3 is 4.90 Å². The van der Waals surface area contributed by atoms with Crippen molar-refractivity contribution in [3.63, 3.8) is 0 Å². The van der Waals surface area contributed by atoms with E-state index in [1.54, 1.807) is 17.1 Å². The predicted octanol–water partition coefficient (Wildman–Crippen LogP) is 2.41. The van der Waals surface area contributed by atoms with Crippen molar-refractivity contribution in [2.45, 2.75) is 26.3 Å². The Bertz CT molecular complexity index is 944. The Morgan fingerprint density at radius 2 is 1.84 bits per heavy atom. The predicted molar refractivity (Wildman–Crippen MR) is 97.7 cm³/mol. The number of piperidine rings is 1. The number of aryl methyl sites for hydroxylation is 1. The molecule has 0 amide bonds. The highest BCUT2D eigenvalue weighted by atomic mass is 16.1. The Balaban J connectivity index is 1.50. The summed E-state index contributed by atoms with van der Waals surface area (Å²) in [5, 5.41) is 11.1. The summed E-state index contributed by atoms with van der Waals surface area (Å²) in [5.41, 5.74) is 0.984. The average Bonchev–Trinajstić information content (AvgIpc) is 2.65. The molecule has 4 rings (SSSR count). The molecule has 1 aliphatic heterocycles. The Morgan fingerprint density at radius 3 is 2.60 bits per heavy atom. The van der Waals surface area contributed by atoms with Gasteiger partial charge in [0, 0.05) is 42.7 Å². The van der Waals surface area contributed by atoms with Crippen LogP contribution in [0.3, 0.4) is 0 Å². The monoisotopic (exact) mass is 335 g/mol. The lowest BCUT2D eigenvalue weighted by molar-refractivity contribution is 0.350. The maximum absolute atomic E-state index is 11.9. The van der Waals surface area contributed by atoms with E-state index in [4.69, 9.17) is 0 Å². The van der Waals surface area contributed by atoms with E-state index in [2.05, 4.69) is 38.3 Å². The molecule has 0 aliphatic carbocycles. The third-order valence-corrected chi connectivity index (χ3v) is 5.01. The van der Waals surface area contributed by atoms with Gasteiger partial charge in [0.15, 0.2) is 5.82 Å². The lowest BCUT2D eigenvalue weighted by atomic mass is 9.96. The van der Waals surface area contributed by atoms with Gasteiger partial charge in [-0.15, -0.1) is 5.10 Å². The SMILES string of the molecule is Cc1nnc(N2CCC(Cn3cnccc3=O)CC2)c2ccccc12. The lowest BCUT2D eigenvalue weighted by Crippen LogP contribution is -2.37. The van der Waals surface area contributed by atoms with Crippen LogP contribution >= 0.6 is 0 Å². The Kier molecular flexibility index (Phi) is 4.17. The minimum atomic E-state index is 0.0211. The van der Waals surface area contributed by atoms with Crippen LogP contribution in [0.25, 0.3) is 10.8 Å². The van der Waals surface area contributed by atoms with Crippen LogP contribution in [0.15, 0.2) is 47.7 Å². The zero-order chi connectivity index (χ0) is 17.2. The number of aromatic nitrogens is 4. The minimum absolute atomic E-state index is 0.0211. The molecule has 0 unspecified atom stereocenters. The summed E-state index contributed by atoms with van der Waals surface area (Å²) in [7, 11) is 0. The molecule has 1 saturated heterocycles. The first-order valence-electron chi connectivity index (χ1n) is 8.70. The van der Waals surface area contributed by atoms with Crippen molar-refractivity contribution in [1.29, 1.82) is 0 Å². The Hall–Kier alpha value is -2.76. The van der Waals surface area contributed by atoms with Crippen molar-refractivity contribution in [2.24, 2.45) is 5.92 Å². The molecule has 0 bridgehead atoms. The van der Waals surface area contributed by atoms with Crippen molar-refractivity contribution in [3.05, 3.63) is 58.9 Å². The van der Waals surface area contributed by atoms with Crippen molar-refractivity contribution < 1.29 is 0 Å². The molecule has 2 aromatic heterocycles. The minimum Gasteiger partial charge on any atom is -0.355 e. The van der Waals surface area contributed by atoms with E-state index in [9.17, 15) is 4.79 Å². The zero-order valence-corrected chi connectivity index (χ0v) is 14.3. The van der Waals surface area contributed by atoms with E-state index in [1.807, 2.05) is 13.0 Å². The number of benzene rings is 1. The average molecular weight is 335 g/mol. The molecule has 3 aromatic rings. The lowest BCUT2D eigenvalue weighted by Gasteiger charge is -2.33. The summed E-state index contributed by atoms with van der Waals surface area (Å²) in [6.45, 7) is 4.60. The second-order valence-corrected chi connectivity index (χ2v) is 6.66. The van der Waals surface area contributed by atoms with Crippen molar-refractivity contribution >= 4 is 16.6 Å². The summed E-state index contributed by atoms with van der Waals surface area (Å²) >= 11 is 0. The standard InChI is InChI=1S/C19H21N5O/c1-14-16-4-2-3-5-17(16)19(22-21-14)23-10-7-15(8-11-23)12-24-13-20-9-6-18(24)25/h2-6,9,13,15H,7-8,10-12H2,1H3. The second kappa shape index (κ2) is 6.63. The fraction of sp³-hybridized carbons (Fsp3) is 0.368. The highest BCUT2D eigenvalue weighted by Gasteiger charge is 2.22. The third kappa shape index (κ3) is 3.12. The summed E-state index contributed by atoms with van der Waals surface area (Å²) in [6, 6.07) is 9.83. The molecule has 0 N–H and O–H groups in total. The summed E-state index contributed by atoms with van der Waals surface area (Å²) in [5.74, 6) is 1.46. The quantitative estimate of drug-likeness (QED) is 0.735. The molecular formula is C19H21N5O. The number of anilines is 1. The van der Waals surface area contributed by atoms with Gasteiger partial charge in [0.2, 0.25) is 0 Å². The number of fused-ring (bicyclic) bond motifs is 1. The topological polar surface area (TPSA) is 63.9 Å². The first-order valence-corrected chi connectivity index (χ1v) is 8.70. The highest BCUT2D eigenvalue weighted by molar-refractivity contribution is 5.93. The van der Waals surface area contributed by atoms with Gasteiger partial charge in [0.1, 0.15) is 0 Å². The summed E-state index contributed by atoms with van der Waals surface area (Å²) in [4.78, 5) is 18.2. The van der Waals surface area contributed by atoms with Gasteiger partial charge in [-0.25, -0.2) is 4.98 Å². The van der Waals surface area contributed by atoms with Gasteiger partial charge in [-0.05, 0) is 25.7 Å². The van der Waals surface area contributed by atoms with Crippen LogP contribution in [0, 0.1) is 12.8 Å². The van der Waals surface area contributed by atoms with Crippen LogP contribution in [0.5, 0.6) is 0 Å². The number of rotatable bonds is 3. The van der Waals surface area contributed by atoms with Gasteiger partial charge in [0.25, 0.3) is 5.56 Å². The van der Waals surface area contributed by atoms with Crippen molar-refractivity contribution in [1.82, 2.24) is 19.7 Å². The number of hydrogen-bond acceptors (Lipinski definition) is 5. The Labute approximate surface area is 146 Å². The normalized spacial score (nSPS) is 15.6. The van der Waals surface area contributed by atoms with Crippen LogP contribution in [-0.2, 0) is 6.54 Å². The van der Waals surface area contributed by atoms with Gasteiger partial charge in [-0.1, -0.05) is 24.3 Å². The van der Waals surface area contributed by atoms with Gasteiger partial charge in [0.05, 0.1) is 12.0 Å². The molecule has 1 fully saturated rings. The fourth-order valence-corrected chi connectivity index (χ4v) is 3.58. The largest absolute Gasteiger partial charge is 0.355 e. The van der Waals surface area contributed by atoms with Crippen LogP contribution in [0.4, 0.5) is 5.82 Å². The molecule has 6 heteroatoms. The number of hydrogen-bond donors (Lipinski definition) is 0. The first-order chi connectivity index (χ1) is 12.2. The van der Waals surface area contributed by atoms with Crippen LogP contribution in [0.2, 0.25) is 0 Å². The maximum atomic E-state index is 11.9.